The normalized spacial score (nSPS) is 11.8. The summed E-state index contributed by atoms with van der Waals surface area (Å²) in [6, 6.07) is 12.1. The van der Waals surface area contributed by atoms with Gasteiger partial charge in [0.2, 0.25) is 11.8 Å². The zero-order valence-corrected chi connectivity index (χ0v) is 15.5. The number of oxazole rings is 1. The lowest BCUT2D eigenvalue weighted by molar-refractivity contribution is -0.130. The lowest BCUT2D eigenvalue weighted by Crippen LogP contribution is -2.40. The third-order valence-corrected chi connectivity index (χ3v) is 4.70. The molecule has 3 rings (SSSR count). The van der Waals surface area contributed by atoms with Gasteiger partial charge in [0.05, 0.1) is 4.88 Å². The molecule has 0 fully saturated rings. The summed E-state index contributed by atoms with van der Waals surface area (Å²) in [6.07, 6.45) is 0. The molecule has 1 N–H and O–H groups in total. The van der Waals surface area contributed by atoms with Crippen LogP contribution in [0.1, 0.15) is 27.9 Å². The molecule has 1 atom stereocenters. The summed E-state index contributed by atoms with van der Waals surface area (Å²) in [5.74, 6) is 0.148. The molecule has 0 radical (unpaired) electrons. The topological polar surface area (TPSA) is 75.4 Å². The number of carbonyl (C=O) groups excluding carboxylic acids is 2. The van der Waals surface area contributed by atoms with Crippen LogP contribution in [0, 0.1) is 6.92 Å². The number of rotatable bonds is 5. The maximum Gasteiger partial charge on any atom is 0.274 e. The molecular formula is C19H19N3O3S. The largest absolute Gasteiger partial charge is 0.440 e. The second kappa shape index (κ2) is 7.53. The van der Waals surface area contributed by atoms with Crippen LogP contribution in [-0.4, -0.2) is 35.8 Å². The maximum absolute atomic E-state index is 12.8. The average Bonchev–Trinajstić information content (AvgIpc) is 3.29. The third-order valence-electron chi connectivity index (χ3n) is 3.84. The molecule has 134 valence electrons. The summed E-state index contributed by atoms with van der Waals surface area (Å²) >= 11 is 1.48. The minimum Gasteiger partial charge on any atom is -0.440 e. The van der Waals surface area contributed by atoms with Crippen molar-refractivity contribution in [1.29, 1.82) is 0 Å². The van der Waals surface area contributed by atoms with Gasteiger partial charge in [-0.15, -0.1) is 11.3 Å². The van der Waals surface area contributed by atoms with Crippen molar-refractivity contribution in [3.05, 3.63) is 64.9 Å². The first-order chi connectivity index (χ1) is 12.5. The Kier molecular flexibility index (Phi) is 5.18. The average molecular weight is 369 g/mol. The van der Waals surface area contributed by atoms with Crippen LogP contribution in [0.25, 0.3) is 10.8 Å². The molecular weight excluding hydrogens is 350 g/mol. The molecule has 26 heavy (non-hydrogen) atoms. The minimum absolute atomic E-state index is 0.181. The standard InChI is InChI=1S/C19H19N3O3S/c1-12-15(21-18(25-12)14-10-7-11-26-14)17(23)20-16(19(24)22(2)3)13-8-5-4-6-9-13/h4-11,16H,1-3H3,(H,20,23). The maximum atomic E-state index is 12.8. The van der Waals surface area contributed by atoms with Crippen LogP contribution in [0.2, 0.25) is 0 Å². The smallest absolute Gasteiger partial charge is 0.274 e. The van der Waals surface area contributed by atoms with Crippen molar-refractivity contribution in [2.24, 2.45) is 0 Å². The first kappa shape index (κ1) is 17.9. The molecule has 0 bridgehead atoms. The van der Waals surface area contributed by atoms with Gasteiger partial charge in [0.15, 0.2) is 5.69 Å². The van der Waals surface area contributed by atoms with Crippen LogP contribution in [0.15, 0.2) is 52.3 Å². The summed E-state index contributed by atoms with van der Waals surface area (Å²) in [5, 5.41) is 4.69. The quantitative estimate of drug-likeness (QED) is 0.749. The molecule has 0 spiro atoms. The highest BCUT2D eigenvalue weighted by atomic mass is 32.1. The van der Waals surface area contributed by atoms with Crippen molar-refractivity contribution < 1.29 is 14.0 Å². The van der Waals surface area contributed by atoms with E-state index in [1.54, 1.807) is 33.2 Å². The van der Waals surface area contributed by atoms with E-state index in [2.05, 4.69) is 10.3 Å². The molecule has 0 aliphatic heterocycles. The van der Waals surface area contributed by atoms with Gasteiger partial charge in [0, 0.05) is 14.1 Å². The zero-order chi connectivity index (χ0) is 18.7. The van der Waals surface area contributed by atoms with E-state index >= 15 is 0 Å². The number of hydrogen-bond acceptors (Lipinski definition) is 5. The summed E-state index contributed by atoms with van der Waals surface area (Å²) in [5.41, 5.74) is 0.889. The summed E-state index contributed by atoms with van der Waals surface area (Å²) in [4.78, 5) is 31.9. The van der Waals surface area contributed by atoms with Crippen molar-refractivity contribution in [2.45, 2.75) is 13.0 Å². The Morgan fingerprint density at radius 3 is 2.50 bits per heavy atom. The lowest BCUT2D eigenvalue weighted by Gasteiger charge is -2.21. The van der Waals surface area contributed by atoms with Gasteiger partial charge in [-0.3, -0.25) is 9.59 Å². The van der Waals surface area contributed by atoms with E-state index < -0.39 is 11.9 Å². The molecule has 7 heteroatoms. The van der Waals surface area contributed by atoms with Gasteiger partial charge in [-0.05, 0) is 23.9 Å². The number of likely N-dealkylation sites (N-methyl/N-ethyl adjacent to an activating group) is 1. The summed E-state index contributed by atoms with van der Waals surface area (Å²) in [6.45, 7) is 1.68. The van der Waals surface area contributed by atoms with Crippen LogP contribution in [-0.2, 0) is 4.79 Å². The van der Waals surface area contributed by atoms with Crippen molar-refractivity contribution in [1.82, 2.24) is 15.2 Å². The summed E-state index contributed by atoms with van der Waals surface area (Å²) < 4.78 is 5.62. The molecule has 6 nitrogen and oxygen atoms in total. The van der Waals surface area contributed by atoms with E-state index in [4.69, 9.17) is 4.42 Å². The second-order valence-corrected chi connectivity index (χ2v) is 6.90. The molecule has 2 heterocycles. The molecule has 3 aromatic rings. The van der Waals surface area contributed by atoms with Gasteiger partial charge in [0.1, 0.15) is 11.8 Å². The fourth-order valence-corrected chi connectivity index (χ4v) is 3.15. The molecule has 0 saturated heterocycles. The Morgan fingerprint density at radius 2 is 1.88 bits per heavy atom. The fourth-order valence-electron chi connectivity index (χ4n) is 2.50. The molecule has 2 amide bonds. The first-order valence-corrected chi connectivity index (χ1v) is 8.93. The first-order valence-electron chi connectivity index (χ1n) is 8.05. The van der Waals surface area contributed by atoms with Crippen LogP contribution in [0.4, 0.5) is 0 Å². The van der Waals surface area contributed by atoms with Crippen LogP contribution in [0.5, 0.6) is 0 Å². The van der Waals surface area contributed by atoms with E-state index in [9.17, 15) is 9.59 Å². The number of aromatic nitrogens is 1. The zero-order valence-electron chi connectivity index (χ0n) is 14.7. The highest BCUT2D eigenvalue weighted by molar-refractivity contribution is 7.13. The van der Waals surface area contributed by atoms with Gasteiger partial charge in [-0.2, -0.15) is 0 Å². The molecule has 1 aromatic carbocycles. The predicted molar refractivity (Wildman–Crippen MR) is 99.9 cm³/mol. The second-order valence-electron chi connectivity index (χ2n) is 5.95. The molecule has 2 aromatic heterocycles. The van der Waals surface area contributed by atoms with Crippen molar-refractivity contribution >= 4 is 23.2 Å². The number of nitrogens with one attached hydrogen (secondary N) is 1. The Bertz CT molecular complexity index is 902. The lowest BCUT2D eigenvalue weighted by atomic mass is 10.1. The minimum atomic E-state index is -0.792. The highest BCUT2D eigenvalue weighted by Gasteiger charge is 2.27. The van der Waals surface area contributed by atoms with Crippen LogP contribution in [0.3, 0.4) is 0 Å². The fraction of sp³-hybridized carbons (Fsp3) is 0.211. The Balaban J connectivity index is 1.88. The monoisotopic (exact) mass is 369 g/mol. The van der Waals surface area contributed by atoms with E-state index in [0.29, 0.717) is 17.2 Å². The van der Waals surface area contributed by atoms with Gasteiger partial charge in [-0.25, -0.2) is 4.98 Å². The van der Waals surface area contributed by atoms with Crippen LogP contribution < -0.4 is 5.32 Å². The highest BCUT2D eigenvalue weighted by Crippen LogP contribution is 2.26. The molecule has 0 saturated carbocycles. The predicted octanol–water partition coefficient (Wildman–Crippen LogP) is 3.27. The van der Waals surface area contributed by atoms with Gasteiger partial charge in [-0.1, -0.05) is 36.4 Å². The Hall–Kier alpha value is -2.93. The van der Waals surface area contributed by atoms with E-state index in [1.807, 2.05) is 35.7 Å². The summed E-state index contributed by atoms with van der Waals surface area (Å²) in [7, 11) is 3.31. The molecule has 1 unspecified atom stereocenters. The number of carbonyl (C=O) groups is 2. The third kappa shape index (κ3) is 3.67. The number of thiophene rings is 1. The Morgan fingerprint density at radius 1 is 1.15 bits per heavy atom. The van der Waals surface area contributed by atoms with Crippen LogP contribution >= 0.6 is 11.3 Å². The molecule has 0 aliphatic rings. The molecule has 0 aliphatic carbocycles. The van der Waals surface area contributed by atoms with E-state index in [1.165, 1.54) is 16.2 Å². The van der Waals surface area contributed by atoms with Gasteiger partial charge >= 0.3 is 0 Å². The van der Waals surface area contributed by atoms with E-state index in [0.717, 1.165) is 4.88 Å². The number of hydrogen-bond donors (Lipinski definition) is 1. The SMILES string of the molecule is Cc1oc(-c2cccs2)nc1C(=O)NC(C(=O)N(C)C)c1ccccc1. The van der Waals surface area contributed by atoms with Crippen molar-refractivity contribution in [2.75, 3.05) is 14.1 Å². The van der Waals surface area contributed by atoms with Crippen molar-refractivity contribution in [3.8, 4) is 10.8 Å². The van der Waals surface area contributed by atoms with Gasteiger partial charge < -0.3 is 14.6 Å². The number of nitrogens with zero attached hydrogens (tertiary/aromatic N) is 2. The number of benzene rings is 1. The van der Waals surface area contributed by atoms with Crippen molar-refractivity contribution in [3.63, 3.8) is 0 Å². The van der Waals surface area contributed by atoms with E-state index in [-0.39, 0.29) is 11.6 Å². The number of aryl methyl sites for hydroxylation is 1. The Labute approximate surface area is 155 Å². The number of amides is 2. The van der Waals surface area contributed by atoms with Gasteiger partial charge in [0.25, 0.3) is 5.91 Å².